The molecule has 0 aliphatic rings. The maximum Gasteiger partial charge on any atom is 0.408 e. The van der Waals surface area contributed by atoms with Crippen molar-refractivity contribution in [3.63, 3.8) is 0 Å². The Morgan fingerprint density at radius 2 is 1.82 bits per heavy atom. The number of hydrogen-bond acceptors (Lipinski definition) is 5. The van der Waals surface area contributed by atoms with Gasteiger partial charge in [-0.25, -0.2) is 9.59 Å². The van der Waals surface area contributed by atoms with E-state index in [0.29, 0.717) is 19.4 Å². The highest BCUT2D eigenvalue weighted by molar-refractivity contribution is 14.1. The topological polar surface area (TPSA) is 88.1 Å². The number of carbonyl (C=O) groups excluding carboxylic acids is 1. The van der Waals surface area contributed by atoms with Crippen LogP contribution in [0.25, 0.3) is 0 Å². The Balaban J connectivity index is 4.53. The van der Waals surface area contributed by atoms with Crippen molar-refractivity contribution in [1.82, 2.24) is 8.59 Å². The molecule has 0 aromatic carbocycles. The zero-order valence-electron chi connectivity index (χ0n) is 14.1. The zero-order chi connectivity index (χ0) is 17.6. The van der Waals surface area contributed by atoms with Crippen LogP contribution in [0.1, 0.15) is 47.5 Å². The first-order chi connectivity index (χ1) is 9.86. The number of ether oxygens (including phenoxy) is 1. The minimum absolute atomic E-state index is 0.216. The maximum atomic E-state index is 11.9. The van der Waals surface area contributed by atoms with Crippen LogP contribution < -0.4 is 5.32 Å². The smallest absolute Gasteiger partial charge is 0.408 e. The molecule has 0 heterocycles. The van der Waals surface area contributed by atoms with Crippen molar-refractivity contribution in [2.24, 2.45) is 5.41 Å². The number of nitrogens with zero attached hydrogens (tertiary/aromatic N) is 1. The Morgan fingerprint density at radius 3 is 2.23 bits per heavy atom. The lowest BCUT2D eigenvalue weighted by Gasteiger charge is -2.28. The number of hydroxylamine groups is 1. The van der Waals surface area contributed by atoms with Crippen LogP contribution in [0.4, 0.5) is 4.79 Å². The van der Waals surface area contributed by atoms with Gasteiger partial charge in [-0.2, -0.15) is 0 Å². The SMILES string of the molecule is CON(I)CCC(C)(C)OC(=O)N[C@H](CC(C)(C)C)C(=O)O. The van der Waals surface area contributed by atoms with Crippen LogP contribution in [0, 0.1) is 5.41 Å². The summed E-state index contributed by atoms with van der Waals surface area (Å²) in [6.07, 6.45) is 0.149. The summed E-state index contributed by atoms with van der Waals surface area (Å²) in [7, 11) is 1.55. The van der Waals surface area contributed by atoms with Crippen molar-refractivity contribution in [3.05, 3.63) is 0 Å². The number of aliphatic carboxylic acids is 1. The van der Waals surface area contributed by atoms with Crippen LogP contribution in [0.5, 0.6) is 0 Å². The Bertz CT molecular complexity index is 382. The standard InChI is InChI=1S/C14H27IN2O5/c1-13(2,3)9-10(11(18)19)16-12(20)22-14(4,5)7-8-17(15)21-6/h10H,7-9H2,1-6H3,(H,16,20)(H,18,19)/t10-/m1/s1. The van der Waals surface area contributed by atoms with Crippen molar-refractivity contribution < 1.29 is 24.3 Å². The number of nitrogens with one attached hydrogen (secondary N) is 1. The summed E-state index contributed by atoms with van der Waals surface area (Å²) in [5.74, 6) is -1.07. The number of carbonyl (C=O) groups is 2. The number of carboxylic acids is 1. The molecule has 7 nitrogen and oxygen atoms in total. The summed E-state index contributed by atoms with van der Waals surface area (Å²) in [5, 5.41) is 11.6. The summed E-state index contributed by atoms with van der Waals surface area (Å²) < 4.78 is 6.93. The van der Waals surface area contributed by atoms with Crippen molar-refractivity contribution >= 4 is 34.9 Å². The Labute approximate surface area is 146 Å². The van der Waals surface area contributed by atoms with Gasteiger partial charge < -0.3 is 15.2 Å². The molecule has 0 spiro atoms. The van der Waals surface area contributed by atoms with Gasteiger partial charge in [-0.3, -0.25) is 4.84 Å². The molecule has 0 fully saturated rings. The monoisotopic (exact) mass is 430 g/mol. The second kappa shape index (κ2) is 8.88. The van der Waals surface area contributed by atoms with Gasteiger partial charge in [0.15, 0.2) is 0 Å². The summed E-state index contributed by atoms with van der Waals surface area (Å²) >= 11 is 2.00. The van der Waals surface area contributed by atoms with E-state index in [2.05, 4.69) is 5.32 Å². The van der Waals surface area contributed by atoms with Crippen molar-refractivity contribution in [2.45, 2.75) is 59.1 Å². The van der Waals surface area contributed by atoms with Gasteiger partial charge in [0.25, 0.3) is 0 Å². The molecule has 0 radical (unpaired) electrons. The second-order valence-corrected chi connectivity index (χ2v) is 8.00. The summed E-state index contributed by atoms with van der Waals surface area (Å²) in [6.45, 7) is 9.86. The molecular formula is C14H27IN2O5. The third-order valence-corrected chi connectivity index (χ3v) is 3.74. The molecule has 0 aromatic heterocycles. The molecule has 0 aliphatic heterocycles. The highest BCUT2D eigenvalue weighted by Gasteiger charge is 2.29. The number of rotatable bonds is 8. The predicted octanol–water partition coefficient (Wildman–Crippen LogP) is 2.98. The first-order valence-electron chi connectivity index (χ1n) is 7.06. The maximum absolute atomic E-state index is 11.9. The highest BCUT2D eigenvalue weighted by atomic mass is 127. The summed E-state index contributed by atoms with van der Waals surface area (Å²) in [4.78, 5) is 28.2. The van der Waals surface area contributed by atoms with Gasteiger partial charge in [0.05, 0.1) is 7.11 Å². The lowest BCUT2D eigenvalue weighted by molar-refractivity contribution is -0.140. The molecule has 1 amide bonds. The van der Waals surface area contributed by atoms with Crippen LogP contribution in [-0.4, -0.2) is 45.7 Å². The quantitative estimate of drug-likeness (QED) is 0.350. The molecule has 0 aromatic rings. The fourth-order valence-electron chi connectivity index (χ4n) is 1.73. The molecule has 0 saturated carbocycles. The van der Waals surface area contributed by atoms with E-state index in [1.165, 1.54) is 0 Å². The molecular weight excluding hydrogens is 403 g/mol. The molecule has 0 rings (SSSR count). The van der Waals surface area contributed by atoms with Crippen molar-refractivity contribution in [3.8, 4) is 0 Å². The van der Waals surface area contributed by atoms with Gasteiger partial charge in [0.1, 0.15) is 11.6 Å². The van der Waals surface area contributed by atoms with E-state index in [0.717, 1.165) is 0 Å². The van der Waals surface area contributed by atoms with Crippen molar-refractivity contribution in [1.29, 1.82) is 0 Å². The molecule has 130 valence electrons. The lowest BCUT2D eigenvalue weighted by Crippen LogP contribution is -2.46. The minimum Gasteiger partial charge on any atom is -0.480 e. The van der Waals surface area contributed by atoms with E-state index in [9.17, 15) is 14.7 Å². The van der Waals surface area contributed by atoms with E-state index in [1.807, 2.05) is 43.6 Å². The fraction of sp³-hybridized carbons (Fsp3) is 0.857. The fourth-order valence-corrected chi connectivity index (χ4v) is 1.98. The van der Waals surface area contributed by atoms with Crippen molar-refractivity contribution in [2.75, 3.05) is 13.7 Å². The summed E-state index contributed by atoms with van der Waals surface area (Å²) in [5.41, 5.74) is -0.942. The van der Waals surface area contributed by atoms with Gasteiger partial charge in [0, 0.05) is 35.8 Å². The highest BCUT2D eigenvalue weighted by Crippen LogP contribution is 2.22. The van der Waals surface area contributed by atoms with E-state index in [-0.39, 0.29) is 5.41 Å². The Kier molecular flexibility index (Phi) is 8.63. The van der Waals surface area contributed by atoms with Crippen LogP contribution in [0.3, 0.4) is 0 Å². The number of hydrogen-bond donors (Lipinski definition) is 2. The molecule has 0 saturated heterocycles. The average molecular weight is 430 g/mol. The van der Waals surface area contributed by atoms with E-state index in [1.54, 1.807) is 24.2 Å². The number of amides is 1. The molecule has 8 heteroatoms. The van der Waals surface area contributed by atoms with Crippen LogP contribution in [0.2, 0.25) is 0 Å². The van der Waals surface area contributed by atoms with Gasteiger partial charge in [-0.1, -0.05) is 20.8 Å². The average Bonchev–Trinajstić information content (AvgIpc) is 2.32. The van der Waals surface area contributed by atoms with Gasteiger partial charge in [-0.15, -0.1) is 3.28 Å². The predicted molar refractivity (Wildman–Crippen MR) is 91.5 cm³/mol. The van der Waals surface area contributed by atoms with Gasteiger partial charge >= 0.3 is 12.1 Å². The Hall–Kier alpha value is -0.610. The summed E-state index contributed by atoms with van der Waals surface area (Å²) in [6, 6.07) is -0.969. The molecule has 2 N–H and O–H groups in total. The number of halogens is 1. The first-order valence-corrected chi connectivity index (χ1v) is 8.02. The normalized spacial score (nSPS) is 13.8. The molecule has 0 aliphatic carbocycles. The number of carboxylic acid groups (broad SMARTS) is 1. The van der Waals surface area contributed by atoms with Gasteiger partial charge in [-0.05, 0) is 25.7 Å². The molecule has 0 unspecified atom stereocenters. The second-order valence-electron chi connectivity index (χ2n) is 6.92. The molecule has 0 bridgehead atoms. The largest absolute Gasteiger partial charge is 0.480 e. The lowest BCUT2D eigenvalue weighted by atomic mass is 9.88. The van der Waals surface area contributed by atoms with Gasteiger partial charge in [0.2, 0.25) is 0 Å². The molecule has 22 heavy (non-hydrogen) atoms. The third-order valence-electron chi connectivity index (χ3n) is 2.86. The third kappa shape index (κ3) is 10.2. The Morgan fingerprint density at radius 1 is 1.27 bits per heavy atom. The van der Waals surface area contributed by atoms with Crippen LogP contribution in [0.15, 0.2) is 0 Å². The first kappa shape index (κ1) is 21.4. The molecule has 1 atom stereocenters. The van der Waals surface area contributed by atoms with E-state index >= 15 is 0 Å². The van der Waals surface area contributed by atoms with E-state index < -0.39 is 23.7 Å². The van der Waals surface area contributed by atoms with Crippen LogP contribution >= 0.6 is 22.9 Å². The number of alkyl carbamates (subject to hydrolysis) is 1. The zero-order valence-corrected chi connectivity index (χ0v) is 16.3. The van der Waals surface area contributed by atoms with E-state index in [4.69, 9.17) is 9.57 Å². The van der Waals surface area contributed by atoms with Crippen LogP contribution in [-0.2, 0) is 14.4 Å². The minimum atomic E-state index is -1.07.